The molecule has 0 unspecified atom stereocenters. The Morgan fingerprint density at radius 3 is 2.57 bits per heavy atom. The average molecular weight is 317 g/mol. The van der Waals surface area contributed by atoms with Crippen molar-refractivity contribution in [2.24, 2.45) is 0 Å². The monoisotopic (exact) mass is 317 g/mol. The second-order valence-electron chi connectivity index (χ2n) is 5.98. The summed E-state index contributed by atoms with van der Waals surface area (Å²) < 4.78 is 0. The third kappa shape index (κ3) is 4.32. The Kier molecular flexibility index (Phi) is 6.16. The normalized spacial score (nSPS) is 13.3. The molecule has 1 aromatic rings. The van der Waals surface area contributed by atoms with E-state index < -0.39 is 0 Å². The Bertz CT molecular complexity index is 555. The molecule has 1 aliphatic heterocycles. The Labute approximate surface area is 138 Å². The van der Waals surface area contributed by atoms with Gasteiger partial charge in [0.15, 0.2) is 0 Å². The number of benzene rings is 1. The van der Waals surface area contributed by atoms with E-state index in [0.29, 0.717) is 19.5 Å². The Morgan fingerprint density at radius 2 is 1.87 bits per heavy atom. The number of para-hydroxylation sites is 1. The van der Waals surface area contributed by atoms with Crippen molar-refractivity contribution in [2.75, 3.05) is 44.7 Å². The van der Waals surface area contributed by atoms with Crippen LogP contribution in [0.3, 0.4) is 0 Å². The van der Waals surface area contributed by atoms with Gasteiger partial charge in [-0.3, -0.25) is 14.5 Å². The van der Waals surface area contributed by atoms with Gasteiger partial charge in [0.1, 0.15) is 0 Å². The molecule has 0 aliphatic carbocycles. The van der Waals surface area contributed by atoms with Crippen LogP contribution >= 0.6 is 0 Å². The first-order valence-corrected chi connectivity index (χ1v) is 8.41. The van der Waals surface area contributed by atoms with Crippen LogP contribution in [0.15, 0.2) is 24.3 Å². The van der Waals surface area contributed by atoms with Gasteiger partial charge in [-0.15, -0.1) is 0 Å². The van der Waals surface area contributed by atoms with E-state index in [1.54, 1.807) is 0 Å². The molecular weight excluding hydrogens is 290 g/mol. The molecule has 1 heterocycles. The van der Waals surface area contributed by atoms with E-state index in [0.717, 1.165) is 31.7 Å². The number of amides is 2. The van der Waals surface area contributed by atoms with Gasteiger partial charge in [-0.2, -0.15) is 0 Å². The standard InChI is InChI=1S/C18H27N3O2/c1-4-20(5-2)18(23)14-19(3)12-11-17(22)21-13-10-15-8-6-7-9-16(15)21/h6-9H,4-5,10-14H2,1-3H3. The summed E-state index contributed by atoms with van der Waals surface area (Å²) >= 11 is 0. The minimum absolute atomic E-state index is 0.122. The Balaban J connectivity index is 1.82. The topological polar surface area (TPSA) is 43.9 Å². The first-order valence-electron chi connectivity index (χ1n) is 8.41. The smallest absolute Gasteiger partial charge is 0.236 e. The third-order valence-electron chi connectivity index (χ3n) is 4.42. The zero-order chi connectivity index (χ0) is 16.8. The molecule has 0 radical (unpaired) electrons. The molecule has 0 aromatic heterocycles. The lowest BCUT2D eigenvalue weighted by molar-refractivity contribution is -0.132. The van der Waals surface area contributed by atoms with Crippen LogP contribution in [-0.4, -0.2) is 61.4 Å². The van der Waals surface area contributed by atoms with Crippen LogP contribution in [0.1, 0.15) is 25.8 Å². The fourth-order valence-corrected chi connectivity index (χ4v) is 3.01. The van der Waals surface area contributed by atoms with Gasteiger partial charge in [0.05, 0.1) is 6.54 Å². The first-order chi connectivity index (χ1) is 11.1. The molecule has 23 heavy (non-hydrogen) atoms. The molecule has 5 heteroatoms. The van der Waals surface area contributed by atoms with Gasteiger partial charge < -0.3 is 9.80 Å². The SMILES string of the molecule is CCN(CC)C(=O)CN(C)CCC(=O)N1CCc2ccccc21. The number of fused-ring (bicyclic) bond motifs is 1. The predicted octanol–water partition coefficient (Wildman–Crippen LogP) is 1.77. The number of nitrogens with zero attached hydrogens (tertiary/aromatic N) is 3. The first kappa shape index (κ1) is 17.5. The van der Waals surface area contributed by atoms with Gasteiger partial charge in [-0.05, 0) is 38.9 Å². The third-order valence-corrected chi connectivity index (χ3v) is 4.42. The lowest BCUT2D eigenvalue weighted by Crippen LogP contribution is -2.40. The highest BCUT2D eigenvalue weighted by Gasteiger charge is 2.24. The number of anilines is 1. The van der Waals surface area contributed by atoms with Gasteiger partial charge in [0.25, 0.3) is 0 Å². The summed E-state index contributed by atoms with van der Waals surface area (Å²) in [6, 6.07) is 8.07. The highest BCUT2D eigenvalue weighted by molar-refractivity contribution is 5.95. The summed E-state index contributed by atoms with van der Waals surface area (Å²) in [6.07, 6.45) is 1.37. The molecule has 0 saturated carbocycles. The maximum atomic E-state index is 12.4. The maximum absolute atomic E-state index is 12.4. The highest BCUT2D eigenvalue weighted by Crippen LogP contribution is 2.27. The number of rotatable bonds is 7. The van der Waals surface area contributed by atoms with Gasteiger partial charge in [0, 0.05) is 38.3 Å². The summed E-state index contributed by atoms with van der Waals surface area (Å²) in [5.74, 6) is 0.258. The molecule has 0 N–H and O–H groups in total. The van der Waals surface area contributed by atoms with Gasteiger partial charge in [-0.1, -0.05) is 18.2 Å². The molecule has 126 valence electrons. The Hall–Kier alpha value is -1.88. The number of carbonyl (C=O) groups is 2. The molecule has 0 atom stereocenters. The molecule has 2 amide bonds. The van der Waals surface area contributed by atoms with Crippen LogP contribution in [0.2, 0.25) is 0 Å². The molecule has 1 aliphatic rings. The van der Waals surface area contributed by atoms with Crippen LogP contribution in [0, 0.1) is 0 Å². The summed E-state index contributed by atoms with van der Waals surface area (Å²) in [4.78, 5) is 30.1. The van der Waals surface area contributed by atoms with Crippen molar-refractivity contribution >= 4 is 17.5 Å². The van der Waals surface area contributed by atoms with E-state index >= 15 is 0 Å². The summed E-state index contributed by atoms with van der Waals surface area (Å²) in [7, 11) is 1.90. The van der Waals surface area contributed by atoms with Crippen molar-refractivity contribution in [1.82, 2.24) is 9.80 Å². The van der Waals surface area contributed by atoms with E-state index in [2.05, 4.69) is 6.07 Å². The van der Waals surface area contributed by atoms with Crippen molar-refractivity contribution in [1.29, 1.82) is 0 Å². The fourth-order valence-electron chi connectivity index (χ4n) is 3.01. The van der Waals surface area contributed by atoms with Crippen LogP contribution in [0.25, 0.3) is 0 Å². The van der Waals surface area contributed by atoms with Crippen molar-refractivity contribution in [2.45, 2.75) is 26.7 Å². The van der Waals surface area contributed by atoms with Crippen LogP contribution in [0.5, 0.6) is 0 Å². The minimum Gasteiger partial charge on any atom is -0.342 e. The van der Waals surface area contributed by atoms with Crippen molar-refractivity contribution in [3.05, 3.63) is 29.8 Å². The van der Waals surface area contributed by atoms with E-state index in [1.807, 2.05) is 53.8 Å². The molecular formula is C18H27N3O2. The molecule has 1 aromatic carbocycles. The summed E-state index contributed by atoms with van der Waals surface area (Å²) in [5, 5.41) is 0. The number of hydrogen-bond acceptors (Lipinski definition) is 3. The van der Waals surface area contributed by atoms with Gasteiger partial charge in [0.2, 0.25) is 11.8 Å². The summed E-state index contributed by atoms with van der Waals surface area (Å²) in [6.45, 7) is 7.15. The van der Waals surface area contributed by atoms with Crippen LogP contribution < -0.4 is 4.90 Å². The number of carbonyl (C=O) groups excluding carboxylic acids is 2. The van der Waals surface area contributed by atoms with Crippen LogP contribution in [0.4, 0.5) is 5.69 Å². The molecule has 0 spiro atoms. The summed E-state index contributed by atoms with van der Waals surface area (Å²) in [5.41, 5.74) is 2.28. The van der Waals surface area contributed by atoms with E-state index in [1.165, 1.54) is 5.56 Å². The zero-order valence-electron chi connectivity index (χ0n) is 14.4. The highest BCUT2D eigenvalue weighted by atomic mass is 16.2. The molecule has 0 fully saturated rings. The molecule has 0 bridgehead atoms. The molecule has 5 nitrogen and oxygen atoms in total. The fraction of sp³-hybridized carbons (Fsp3) is 0.556. The second-order valence-corrected chi connectivity index (χ2v) is 5.98. The van der Waals surface area contributed by atoms with Gasteiger partial charge in [-0.25, -0.2) is 0 Å². The molecule has 2 rings (SSSR count). The van der Waals surface area contributed by atoms with Crippen molar-refractivity contribution in [3.8, 4) is 0 Å². The number of hydrogen-bond donors (Lipinski definition) is 0. The van der Waals surface area contributed by atoms with Crippen molar-refractivity contribution < 1.29 is 9.59 Å². The van der Waals surface area contributed by atoms with Crippen molar-refractivity contribution in [3.63, 3.8) is 0 Å². The number of likely N-dealkylation sites (N-methyl/N-ethyl adjacent to an activating group) is 2. The van der Waals surface area contributed by atoms with E-state index in [9.17, 15) is 9.59 Å². The van der Waals surface area contributed by atoms with E-state index in [4.69, 9.17) is 0 Å². The largest absolute Gasteiger partial charge is 0.342 e. The predicted molar refractivity (Wildman–Crippen MR) is 92.5 cm³/mol. The van der Waals surface area contributed by atoms with E-state index in [-0.39, 0.29) is 11.8 Å². The molecule has 0 saturated heterocycles. The Morgan fingerprint density at radius 1 is 1.17 bits per heavy atom. The average Bonchev–Trinajstić information content (AvgIpc) is 2.98. The zero-order valence-corrected chi connectivity index (χ0v) is 14.4. The van der Waals surface area contributed by atoms with Gasteiger partial charge >= 0.3 is 0 Å². The second kappa shape index (κ2) is 8.11. The lowest BCUT2D eigenvalue weighted by atomic mass is 10.2. The quantitative estimate of drug-likeness (QED) is 0.770. The van der Waals surface area contributed by atoms with Crippen LogP contribution in [-0.2, 0) is 16.0 Å². The lowest BCUT2D eigenvalue weighted by Gasteiger charge is -2.24. The minimum atomic E-state index is 0.122. The maximum Gasteiger partial charge on any atom is 0.236 e.